The Balaban J connectivity index is 1.84. The number of piperidine rings is 1. The molecule has 5 heteroatoms. The standard InChI is InChI=1S/C14H20ClN3O/c1-18(10-11-5-7-16-8-6-11)14(19)17-13-4-2-3-12(15)9-13/h2-4,9,11,16H,5-8,10H2,1H3,(H,17,19). The molecular weight excluding hydrogens is 262 g/mol. The normalized spacial score (nSPS) is 16.1. The van der Waals surface area contributed by atoms with Crippen molar-refractivity contribution >= 4 is 23.3 Å². The van der Waals surface area contributed by atoms with Gasteiger partial charge < -0.3 is 15.5 Å². The molecule has 0 bridgehead atoms. The van der Waals surface area contributed by atoms with Crippen LogP contribution in [0.25, 0.3) is 0 Å². The molecule has 0 aromatic heterocycles. The number of urea groups is 1. The van der Waals surface area contributed by atoms with Crippen LogP contribution in [0.5, 0.6) is 0 Å². The summed E-state index contributed by atoms with van der Waals surface area (Å²) in [6, 6.07) is 7.11. The maximum absolute atomic E-state index is 12.1. The molecule has 1 fully saturated rings. The van der Waals surface area contributed by atoms with Gasteiger partial charge in [0.2, 0.25) is 0 Å². The smallest absolute Gasteiger partial charge is 0.321 e. The molecule has 1 heterocycles. The van der Waals surface area contributed by atoms with Crippen molar-refractivity contribution in [3.8, 4) is 0 Å². The number of halogens is 1. The number of carbonyl (C=O) groups is 1. The summed E-state index contributed by atoms with van der Waals surface area (Å²) < 4.78 is 0. The Kier molecular flexibility index (Phi) is 5.05. The third-order valence-electron chi connectivity index (χ3n) is 3.41. The van der Waals surface area contributed by atoms with E-state index in [-0.39, 0.29) is 6.03 Å². The number of benzene rings is 1. The Bertz CT molecular complexity index is 432. The predicted molar refractivity (Wildman–Crippen MR) is 78.7 cm³/mol. The molecule has 0 atom stereocenters. The molecule has 1 saturated heterocycles. The lowest BCUT2D eigenvalue weighted by atomic mass is 9.98. The number of amides is 2. The van der Waals surface area contributed by atoms with Crippen molar-refractivity contribution in [3.63, 3.8) is 0 Å². The Hall–Kier alpha value is -1.26. The quantitative estimate of drug-likeness (QED) is 0.895. The molecule has 2 amide bonds. The molecule has 2 rings (SSSR count). The third-order valence-corrected chi connectivity index (χ3v) is 3.65. The number of rotatable bonds is 3. The molecule has 0 radical (unpaired) electrons. The van der Waals surface area contributed by atoms with Gasteiger partial charge >= 0.3 is 6.03 Å². The van der Waals surface area contributed by atoms with Gasteiger partial charge in [-0.15, -0.1) is 0 Å². The first-order valence-electron chi connectivity index (χ1n) is 6.63. The maximum Gasteiger partial charge on any atom is 0.321 e. The van der Waals surface area contributed by atoms with Gasteiger partial charge in [-0.3, -0.25) is 0 Å². The molecule has 0 aliphatic carbocycles. The first kappa shape index (κ1) is 14.2. The summed E-state index contributed by atoms with van der Waals surface area (Å²) in [5.74, 6) is 0.594. The van der Waals surface area contributed by atoms with Crippen molar-refractivity contribution < 1.29 is 4.79 Å². The van der Waals surface area contributed by atoms with E-state index in [0.29, 0.717) is 10.9 Å². The maximum atomic E-state index is 12.1. The van der Waals surface area contributed by atoms with Crippen molar-refractivity contribution in [3.05, 3.63) is 29.3 Å². The topological polar surface area (TPSA) is 44.4 Å². The second-order valence-corrected chi connectivity index (χ2v) is 5.45. The van der Waals surface area contributed by atoms with E-state index in [0.717, 1.165) is 38.2 Å². The molecular formula is C14H20ClN3O. The van der Waals surface area contributed by atoms with Gasteiger partial charge in [0, 0.05) is 24.3 Å². The van der Waals surface area contributed by atoms with E-state index in [1.165, 1.54) is 0 Å². The van der Waals surface area contributed by atoms with Crippen LogP contribution in [0, 0.1) is 5.92 Å². The van der Waals surface area contributed by atoms with Crippen LogP contribution in [0.3, 0.4) is 0 Å². The summed E-state index contributed by atoms with van der Waals surface area (Å²) in [6.45, 7) is 2.90. The van der Waals surface area contributed by atoms with Crippen molar-refractivity contribution in [2.45, 2.75) is 12.8 Å². The van der Waals surface area contributed by atoms with Gasteiger partial charge in [0.15, 0.2) is 0 Å². The van der Waals surface area contributed by atoms with E-state index < -0.39 is 0 Å². The minimum atomic E-state index is -0.0826. The van der Waals surface area contributed by atoms with Crippen molar-refractivity contribution in [1.29, 1.82) is 0 Å². The summed E-state index contributed by atoms with van der Waals surface area (Å²) in [4.78, 5) is 13.8. The third kappa shape index (κ3) is 4.40. The molecule has 1 aromatic carbocycles. The van der Waals surface area contributed by atoms with Crippen LogP contribution >= 0.6 is 11.6 Å². The molecule has 0 spiro atoms. The summed E-state index contributed by atoms with van der Waals surface area (Å²) in [6.07, 6.45) is 2.27. The average Bonchev–Trinajstić information content (AvgIpc) is 2.40. The van der Waals surface area contributed by atoms with Gasteiger partial charge in [-0.25, -0.2) is 4.79 Å². The highest BCUT2D eigenvalue weighted by Crippen LogP contribution is 2.16. The SMILES string of the molecule is CN(CC1CCNCC1)C(=O)Nc1cccc(Cl)c1. The Morgan fingerprint density at radius 2 is 2.21 bits per heavy atom. The van der Waals surface area contributed by atoms with Crippen LogP contribution in [0.4, 0.5) is 10.5 Å². The zero-order valence-electron chi connectivity index (χ0n) is 11.2. The minimum Gasteiger partial charge on any atom is -0.327 e. The van der Waals surface area contributed by atoms with Crippen LogP contribution in [0.2, 0.25) is 5.02 Å². The van der Waals surface area contributed by atoms with Gasteiger partial charge in [-0.05, 0) is 50.0 Å². The van der Waals surface area contributed by atoms with E-state index in [1.807, 2.05) is 19.2 Å². The van der Waals surface area contributed by atoms with Crippen molar-refractivity contribution in [2.24, 2.45) is 5.92 Å². The van der Waals surface area contributed by atoms with Crippen molar-refractivity contribution in [1.82, 2.24) is 10.2 Å². The van der Waals surface area contributed by atoms with E-state index in [9.17, 15) is 4.79 Å². The van der Waals surface area contributed by atoms with Gasteiger partial charge in [0.25, 0.3) is 0 Å². The molecule has 1 aliphatic rings. The summed E-state index contributed by atoms with van der Waals surface area (Å²) in [7, 11) is 1.84. The fourth-order valence-corrected chi connectivity index (χ4v) is 2.51. The van der Waals surface area contributed by atoms with E-state index in [4.69, 9.17) is 11.6 Å². The lowest BCUT2D eigenvalue weighted by molar-refractivity contribution is 0.206. The molecule has 0 unspecified atom stereocenters. The number of anilines is 1. The Morgan fingerprint density at radius 1 is 1.47 bits per heavy atom. The van der Waals surface area contributed by atoms with Gasteiger partial charge in [0.1, 0.15) is 0 Å². The van der Waals surface area contributed by atoms with Gasteiger partial charge in [0.05, 0.1) is 0 Å². The average molecular weight is 282 g/mol. The van der Waals surface area contributed by atoms with Crippen LogP contribution in [0.1, 0.15) is 12.8 Å². The zero-order valence-corrected chi connectivity index (χ0v) is 11.9. The predicted octanol–water partition coefficient (Wildman–Crippen LogP) is 2.80. The molecule has 104 valence electrons. The van der Waals surface area contributed by atoms with E-state index in [2.05, 4.69) is 10.6 Å². The molecule has 1 aliphatic heterocycles. The molecule has 19 heavy (non-hydrogen) atoms. The fraction of sp³-hybridized carbons (Fsp3) is 0.500. The van der Waals surface area contributed by atoms with Crippen LogP contribution in [-0.4, -0.2) is 37.6 Å². The van der Waals surface area contributed by atoms with Crippen LogP contribution in [-0.2, 0) is 0 Å². The minimum absolute atomic E-state index is 0.0826. The van der Waals surface area contributed by atoms with Crippen LogP contribution < -0.4 is 10.6 Å². The lowest BCUT2D eigenvalue weighted by Crippen LogP contribution is -2.39. The number of hydrogen-bond acceptors (Lipinski definition) is 2. The molecule has 1 aromatic rings. The second kappa shape index (κ2) is 6.78. The largest absolute Gasteiger partial charge is 0.327 e. The summed E-state index contributed by atoms with van der Waals surface area (Å²) in [5, 5.41) is 6.81. The highest BCUT2D eigenvalue weighted by Gasteiger charge is 2.17. The second-order valence-electron chi connectivity index (χ2n) is 5.01. The molecule has 0 saturated carbocycles. The Labute approximate surface area is 119 Å². The Morgan fingerprint density at radius 3 is 2.89 bits per heavy atom. The highest BCUT2D eigenvalue weighted by molar-refractivity contribution is 6.30. The molecule has 4 nitrogen and oxygen atoms in total. The number of nitrogens with one attached hydrogen (secondary N) is 2. The first-order valence-corrected chi connectivity index (χ1v) is 7.01. The van der Waals surface area contributed by atoms with E-state index >= 15 is 0 Å². The fourth-order valence-electron chi connectivity index (χ4n) is 2.32. The van der Waals surface area contributed by atoms with Crippen LogP contribution in [0.15, 0.2) is 24.3 Å². The number of carbonyl (C=O) groups excluding carboxylic acids is 1. The van der Waals surface area contributed by atoms with E-state index in [1.54, 1.807) is 17.0 Å². The summed E-state index contributed by atoms with van der Waals surface area (Å²) in [5.41, 5.74) is 0.731. The lowest BCUT2D eigenvalue weighted by Gasteiger charge is -2.27. The van der Waals surface area contributed by atoms with Gasteiger partial charge in [-0.1, -0.05) is 17.7 Å². The number of hydrogen-bond donors (Lipinski definition) is 2. The zero-order chi connectivity index (χ0) is 13.7. The highest BCUT2D eigenvalue weighted by atomic mass is 35.5. The van der Waals surface area contributed by atoms with Gasteiger partial charge in [-0.2, -0.15) is 0 Å². The molecule has 2 N–H and O–H groups in total. The number of nitrogens with zero attached hydrogens (tertiary/aromatic N) is 1. The summed E-state index contributed by atoms with van der Waals surface area (Å²) >= 11 is 5.89. The monoisotopic (exact) mass is 281 g/mol. The van der Waals surface area contributed by atoms with Crippen molar-refractivity contribution in [2.75, 3.05) is 32.0 Å². The first-order chi connectivity index (χ1) is 9.15.